The maximum Gasteiger partial charge on any atom is 0.264 e. The molecule has 168 valence electrons. The van der Waals surface area contributed by atoms with Gasteiger partial charge in [-0.2, -0.15) is 5.26 Å². The number of benzene rings is 1. The van der Waals surface area contributed by atoms with Crippen LogP contribution in [0.1, 0.15) is 54.0 Å². The van der Waals surface area contributed by atoms with Crippen molar-refractivity contribution < 1.29 is 9.59 Å². The molecular formula is C26H32N4O2. The Hall–Kier alpha value is -3.33. The van der Waals surface area contributed by atoms with E-state index in [1.807, 2.05) is 31.2 Å². The van der Waals surface area contributed by atoms with Gasteiger partial charge in [0.15, 0.2) is 0 Å². The molecule has 2 heterocycles. The first-order valence-electron chi connectivity index (χ1n) is 11.2. The summed E-state index contributed by atoms with van der Waals surface area (Å²) in [5.41, 5.74) is 3.90. The van der Waals surface area contributed by atoms with Gasteiger partial charge < -0.3 is 14.8 Å². The molecule has 1 saturated heterocycles. The van der Waals surface area contributed by atoms with Gasteiger partial charge in [0.2, 0.25) is 0 Å². The van der Waals surface area contributed by atoms with E-state index in [0.717, 1.165) is 23.5 Å². The van der Waals surface area contributed by atoms with Crippen molar-refractivity contribution in [1.82, 2.24) is 14.8 Å². The third-order valence-electron chi connectivity index (χ3n) is 5.96. The van der Waals surface area contributed by atoms with Crippen molar-refractivity contribution in [3.63, 3.8) is 0 Å². The molecule has 0 saturated carbocycles. The van der Waals surface area contributed by atoms with Gasteiger partial charge in [0.05, 0.1) is 0 Å². The molecule has 0 atom stereocenters. The fourth-order valence-electron chi connectivity index (χ4n) is 4.17. The highest BCUT2D eigenvalue weighted by atomic mass is 16.2. The van der Waals surface area contributed by atoms with Crippen LogP contribution in [0.15, 0.2) is 42.0 Å². The zero-order valence-corrected chi connectivity index (χ0v) is 19.4. The Labute approximate surface area is 190 Å². The molecule has 1 aliphatic rings. The van der Waals surface area contributed by atoms with Crippen molar-refractivity contribution in [1.29, 1.82) is 5.26 Å². The van der Waals surface area contributed by atoms with Crippen LogP contribution in [0.4, 0.5) is 0 Å². The highest BCUT2D eigenvalue weighted by Gasteiger charge is 2.26. The van der Waals surface area contributed by atoms with E-state index in [0.29, 0.717) is 37.4 Å². The molecule has 0 unspecified atom stereocenters. The number of likely N-dealkylation sites (tertiary alicyclic amines) is 1. The number of hydrogen-bond acceptors (Lipinski definition) is 3. The van der Waals surface area contributed by atoms with Crippen molar-refractivity contribution in [3.8, 4) is 6.07 Å². The van der Waals surface area contributed by atoms with Crippen LogP contribution in [-0.2, 0) is 11.3 Å². The number of nitrogens with zero attached hydrogens (tertiary/aromatic N) is 3. The lowest BCUT2D eigenvalue weighted by atomic mass is 10.0. The van der Waals surface area contributed by atoms with Crippen LogP contribution < -0.4 is 5.32 Å². The number of carbonyl (C=O) groups is 2. The van der Waals surface area contributed by atoms with Crippen LogP contribution in [0, 0.1) is 31.1 Å². The van der Waals surface area contributed by atoms with Crippen molar-refractivity contribution in [2.24, 2.45) is 5.92 Å². The molecule has 1 aliphatic heterocycles. The summed E-state index contributed by atoms with van der Waals surface area (Å²) in [6, 6.07) is 13.3. The van der Waals surface area contributed by atoms with Crippen molar-refractivity contribution in [3.05, 3.63) is 64.5 Å². The molecule has 6 nitrogen and oxygen atoms in total. The van der Waals surface area contributed by atoms with E-state index in [9.17, 15) is 14.9 Å². The van der Waals surface area contributed by atoms with Crippen molar-refractivity contribution in [2.75, 3.05) is 13.1 Å². The Morgan fingerprint density at radius 1 is 1.19 bits per heavy atom. The lowest BCUT2D eigenvalue weighted by Gasteiger charge is -2.32. The number of carbonyl (C=O) groups excluding carboxylic acids is 2. The van der Waals surface area contributed by atoms with Gasteiger partial charge in [0, 0.05) is 42.6 Å². The monoisotopic (exact) mass is 432 g/mol. The summed E-state index contributed by atoms with van der Waals surface area (Å²) >= 11 is 0. The second-order valence-corrected chi connectivity index (χ2v) is 8.91. The minimum atomic E-state index is -0.242. The third-order valence-corrected chi connectivity index (χ3v) is 5.96. The topological polar surface area (TPSA) is 78.1 Å². The van der Waals surface area contributed by atoms with Crippen LogP contribution >= 0.6 is 0 Å². The van der Waals surface area contributed by atoms with E-state index in [1.54, 1.807) is 23.1 Å². The number of piperidine rings is 1. The molecular weight excluding hydrogens is 400 g/mol. The largest absolute Gasteiger partial charge is 0.349 e. The maximum atomic E-state index is 13.0. The van der Waals surface area contributed by atoms with Gasteiger partial charge in [0.25, 0.3) is 11.8 Å². The van der Waals surface area contributed by atoms with Crippen LogP contribution in [0.25, 0.3) is 6.08 Å². The van der Waals surface area contributed by atoms with Gasteiger partial charge in [-0.15, -0.1) is 0 Å². The average Bonchev–Trinajstić information content (AvgIpc) is 3.05. The van der Waals surface area contributed by atoms with Gasteiger partial charge in [-0.3, -0.25) is 9.59 Å². The summed E-state index contributed by atoms with van der Waals surface area (Å²) in [5, 5.41) is 12.7. The number of nitriles is 1. The van der Waals surface area contributed by atoms with E-state index in [-0.39, 0.29) is 23.4 Å². The Balaban J connectivity index is 1.64. The summed E-state index contributed by atoms with van der Waals surface area (Å²) in [7, 11) is 0. The highest BCUT2D eigenvalue weighted by molar-refractivity contribution is 6.02. The minimum absolute atomic E-state index is 0.0243. The molecule has 2 aromatic rings. The zero-order valence-electron chi connectivity index (χ0n) is 19.4. The lowest BCUT2D eigenvalue weighted by Crippen LogP contribution is -2.46. The van der Waals surface area contributed by atoms with E-state index in [2.05, 4.69) is 36.7 Å². The zero-order chi connectivity index (χ0) is 23.3. The van der Waals surface area contributed by atoms with Gasteiger partial charge in [-0.1, -0.05) is 32.0 Å². The smallest absolute Gasteiger partial charge is 0.264 e. The van der Waals surface area contributed by atoms with Crippen LogP contribution in [-0.4, -0.2) is 40.4 Å². The maximum absolute atomic E-state index is 13.0. The molecule has 1 N–H and O–H groups in total. The number of rotatable bonds is 6. The number of hydrogen-bond donors (Lipinski definition) is 1. The molecule has 1 fully saturated rings. The van der Waals surface area contributed by atoms with E-state index >= 15 is 0 Å². The fraction of sp³-hybridized carbons (Fsp3) is 0.423. The predicted octanol–water partition coefficient (Wildman–Crippen LogP) is 4.09. The van der Waals surface area contributed by atoms with Gasteiger partial charge in [-0.05, 0) is 62.4 Å². The average molecular weight is 433 g/mol. The standard InChI is InChI=1S/C26H32N4O2/c1-18(2)17-30-19(3)14-22(20(30)4)15-23(16-27)26(32)29-12-10-24(11-13-29)28-25(31)21-8-6-5-7-9-21/h5-9,14-15,18,24H,10-13,17H2,1-4H3,(H,28,31)/b23-15+. The van der Waals surface area contributed by atoms with Crippen LogP contribution in [0.2, 0.25) is 0 Å². The second kappa shape index (κ2) is 10.3. The molecule has 0 aliphatic carbocycles. The molecule has 3 rings (SSSR count). The van der Waals surface area contributed by atoms with Crippen molar-refractivity contribution >= 4 is 17.9 Å². The Kier molecular flexibility index (Phi) is 7.53. The van der Waals surface area contributed by atoms with E-state index in [4.69, 9.17) is 0 Å². The quantitative estimate of drug-likeness (QED) is 0.552. The third kappa shape index (κ3) is 5.47. The summed E-state index contributed by atoms with van der Waals surface area (Å²) < 4.78 is 2.23. The Bertz CT molecular complexity index is 1040. The van der Waals surface area contributed by atoms with Crippen LogP contribution in [0.5, 0.6) is 0 Å². The first-order chi connectivity index (χ1) is 15.3. The van der Waals surface area contributed by atoms with Gasteiger partial charge >= 0.3 is 0 Å². The molecule has 0 radical (unpaired) electrons. The van der Waals surface area contributed by atoms with Gasteiger partial charge in [0.1, 0.15) is 11.6 Å². The molecule has 1 aromatic carbocycles. The van der Waals surface area contributed by atoms with Crippen LogP contribution in [0.3, 0.4) is 0 Å². The summed E-state index contributed by atoms with van der Waals surface area (Å²) in [4.78, 5) is 27.1. The first-order valence-corrected chi connectivity index (χ1v) is 11.2. The first kappa shape index (κ1) is 23.3. The molecule has 2 amide bonds. The highest BCUT2D eigenvalue weighted by Crippen LogP contribution is 2.21. The number of aromatic nitrogens is 1. The number of nitrogens with one attached hydrogen (secondary N) is 1. The molecule has 6 heteroatoms. The van der Waals surface area contributed by atoms with Crippen molar-refractivity contribution in [2.45, 2.75) is 53.1 Å². The summed E-state index contributed by atoms with van der Waals surface area (Å²) in [5.74, 6) is 0.177. The SMILES string of the molecule is Cc1cc(/C=C(\C#N)C(=O)N2CCC(NC(=O)c3ccccc3)CC2)c(C)n1CC(C)C. The molecule has 0 bridgehead atoms. The van der Waals surface area contributed by atoms with E-state index < -0.39 is 0 Å². The fourth-order valence-corrected chi connectivity index (χ4v) is 4.17. The predicted molar refractivity (Wildman–Crippen MR) is 126 cm³/mol. The minimum Gasteiger partial charge on any atom is -0.349 e. The van der Waals surface area contributed by atoms with Gasteiger partial charge in [-0.25, -0.2) is 0 Å². The normalized spacial score (nSPS) is 15.0. The number of amides is 2. The molecule has 0 spiro atoms. The Morgan fingerprint density at radius 2 is 1.84 bits per heavy atom. The lowest BCUT2D eigenvalue weighted by molar-refractivity contribution is -0.127. The summed E-state index contributed by atoms with van der Waals surface area (Å²) in [6.07, 6.45) is 3.06. The Morgan fingerprint density at radius 3 is 2.44 bits per heavy atom. The summed E-state index contributed by atoms with van der Waals surface area (Å²) in [6.45, 7) is 10.4. The number of aryl methyl sites for hydroxylation is 1. The molecule has 32 heavy (non-hydrogen) atoms. The molecule has 1 aromatic heterocycles. The van der Waals surface area contributed by atoms with E-state index in [1.165, 1.54) is 0 Å². The second-order valence-electron chi connectivity index (χ2n) is 8.91.